The average Bonchev–Trinajstić information content (AvgIpc) is 3.23. The van der Waals surface area contributed by atoms with Gasteiger partial charge in [-0.3, -0.25) is 4.90 Å². The number of oxazole rings is 1. The second-order valence-electron chi connectivity index (χ2n) is 7.92. The first kappa shape index (κ1) is 24.1. The molecule has 0 atom stereocenters. The van der Waals surface area contributed by atoms with Crippen LogP contribution >= 0.6 is 0 Å². The lowest BCUT2D eigenvalue weighted by Crippen LogP contribution is -2.48. The molecule has 182 valence electrons. The summed E-state index contributed by atoms with van der Waals surface area (Å²) >= 11 is 0. The van der Waals surface area contributed by atoms with E-state index in [4.69, 9.17) is 18.6 Å². The number of methoxy groups -OCH3 is 3. The van der Waals surface area contributed by atoms with Crippen LogP contribution in [0.2, 0.25) is 0 Å². The van der Waals surface area contributed by atoms with Crippen molar-refractivity contribution in [3.05, 3.63) is 53.9 Å². The minimum absolute atomic E-state index is 0.108. The summed E-state index contributed by atoms with van der Waals surface area (Å²) in [6.45, 7) is 4.32. The molecule has 0 radical (unpaired) electrons. The van der Waals surface area contributed by atoms with E-state index in [0.717, 1.165) is 17.0 Å². The maximum Gasteiger partial charge on any atom is 0.246 e. The van der Waals surface area contributed by atoms with E-state index in [2.05, 4.69) is 9.88 Å². The van der Waals surface area contributed by atoms with Gasteiger partial charge in [0.2, 0.25) is 15.9 Å². The summed E-state index contributed by atoms with van der Waals surface area (Å²) in [7, 11) is 0.846. The number of piperazine rings is 1. The Labute approximate surface area is 199 Å². The number of benzene rings is 2. The Kier molecular flexibility index (Phi) is 7.11. The lowest BCUT2D eigenvalue weighted by Gasteiger charge is -2.33. The Balaban J connectivity index is 1.46. The highest BCUT2D eigenvalue weighted by Crippen LogP contribution is 2.32. The van der Waals surface area contributed by atoms with E-state index in [0.29, 0.717) is 55.9 Å². The molecule has 0 amide bonds. The van der Waals surface area contributed by atoms with Gasteiger partial charge in [0, 0.05) is 38.8 Å². The molecule has 9 nitrogen and oxygen atoms in total. The highest BCUT2D eigenvalue weighted by atomic mass is 32.2. The quantitative estimate of drug-likeness (QED) is 0.478. The third-order valence-electron chi connectivity index (χ3n) is 5.92. The van der Waals surface area contributed by atoms with Gasteiger partial charge in [0.15, 0.2) is 0 Å². The molecule has 2 heterocycles. The first-order chi connectivity index (χ1) is 16.4. The van der Waals surface area contributed by atoms with Gasteiger partial charge in [0.1, 0.15) is 27.9 Å². The number of para-hydroxylation sites is 1. The molecule has 1 saturated heterocycles. The first-order valence-corrected chi connectivity index (χ1v) is 12.4. The summed E-state index contributed by atoms with van der Waals surface area (Å²) < 4.78 is 49.9. The van der Waals surface area contributed by atoms with Crippen LogP contribution in [0.3, 0.4) is 0 Å². The van der Waals surface area contributed by atoms with Crippen LogP contribution in [0.4, 0.5) is 0 Å². The number of nitrogens with zero attached hydrogens (tertiary/aromatic N) is 3. The Morgan fingerprint density at radius 2 is 1.65 bits per heavy atom. The Bertz CT molecular complexity index is 1250. The number of ether oxygens (including phenoxy) is 3. The number of aryl methyl sites for hydroxylation is 1. The number of hydrogen-bond donors (Lipinski definition) is 0. The molecule has 0 bridgehead atoms. The van der Waals surface area contributed by atoms with Gasteiger partial charge in [-0.05, 0) is 31.2 Å². The second-order valence-corrected chi connectivity index (χ2v) is 9.83. The van der Waals surface area contributed by atoms with Crippen LogP contribution in [0.15, 0.2) is 51.8 Å². The van der Waals surface area contributed by atoms with Gasteiger partial charge < -0.3 is 18.6 Å². The summed E-state index contributed by atoms with van der Waals surface area (Å²) in [6.07, 6.45) is 0. The average molecular weight is 488 g/mol. The lowest BCUT2D eigenvalue weighted by atomic mass is 10.2. The van der Waals surface area contributed by atoms with E-state index in [-0.39, 0.29) is 4.90 Å². The molecule has 1 aliphatic rings. The molecule has 4 rings (SSSR count). The molecule has 3 aromatic rings. The van der Waals surface area contributed by atoms with Crippen molar-refractivity contribution in [3.63, 3.8) is 0 Å². The zero-order chi connectivity index (χ0) is 24.3. The largest absolute Gasteiger partial charge is 0.497 e. The molecule has 10 heteroatoms. The van der Waals surface area contributed by atoms with Crippen molar-refractivity contribution in [2.24, 2.45) is 0 Å². The SMILES string of the molecule is COc1ccc(OC)c(S(=O)(=O)N2CCN(Cc3nc(-c4ccccc4OC)oc3C)CC2)c1. The normalized spacial score (nSPS) is 15.3. The van der Waals surface area contributed by atoms with Crippen molar-refractivity contribution in [2.75, 3.05) is 47.5 Å². The third kappa shape index (κ3) is 4.75. The van der Waals surface area contributed by atoms with Crippen molar-refractivity contribution < 1.29 is 27.0 Å². The van der Waals surface area contributed by atoms with E-state index in [1.165, 1.54) is 24.6 Å². The molecule has 2 aromatic carbocycles. The second kappa shape index (κ2) is 10.0. The molecule has 0 spiro atoms. The predicted molar refractivity (Wildman–Crippen MR) is 127 cm³/mol. The molecule has 1 fully saturated rings. The summed E-state index contributed by atoms with van der Waals surface area (Å²) in [5.41, 5.74) is 1.62. The maximum absolute atomic E-state index is 13.3. The molecule has 1 aromatic heterocycles. The molecule has 34 heavy (non-hydrogen) atoms. The molecule has 0 saturated carbocycles. The van der Waals surface area contributed by atoms with Gasteiger partial charge in [0.25, 0.3) is 0 Å². The smallest absolute Gasteiger partial charge is 0.246 e. The van der Waals surface area contributed by atoms with Gasteiger partial charge in [-0.25, -0.2) is 13.4 Å². The number of aromatic nitrogens is 1. The van der Waals surface area contributed by atoms with Crippen LogP contribution in [0, 0.1) is 6.92 Å². The summed E-state index contributed by atoms with van der Waals surface area (Å²) in [5, 5.41) is 0. The van der Waals surface area contributed by atoms with Gasteiger partial charge in [-0.2, -0.15) is 4.31 Å². The first-order valence-electron chi connectivity index (χ1n) is 10.9. The van der Waals surface area contributed by atoms with Crippen LogP contribution in [-0.2, 0) is 16.6 Å². The molecule has 0 aliphatic carbocycles. The number of hydrogen-bond acceptors (Lipinski definition) is 8. The highest BCUT2D eigenvalue weighted by Gasteiger charge is 2.32. The Morgan fingerprint density at radius 3 is 2.32 bits per heavy atom. The van der Waals surface area contributed by atoms with Gasteiger partial charge in [0.05, 0.1) is 32.6 Å². The van der Waals surface area contributed by atoms with Crippen molar-refractivity contribution in [3.8, 4) is 28.7 Å². The fourth-order valence-corrected chi connectivity index (χ4v) is 5.57. The summed E-state index contributed by atoms with van der Waals surface area (Å²) in [6, 6.07) is 12.4. The van der Waals surface area contributed by atoms with Crippen LogP contribution in [0.25, 0.3) is 11.5 Å². The lowest BCUT2D eigenvalue weighted by molar-refractivity contribution is 0.179. The fraction of sp³-hybridized carbons (Fsp3) is 0.375. The van der Waals surface area contributed by atoms with Gasteiger partial charge in [-0.1, -0.05) is 12.1 Å². The molecular formula is C24H29N3O6S. The topological polar surface area (TPSA) is 94.3 Å². The van der Waals surface area contributed by atoms with Crippen molar-refractivity contribution in [2.45, 2.75) is 18.4 Å². The van der Waals surface area contributed by atoms with Crippen LogP contribution in [0.1, 0.15) is 11.5 Å². The number of sulfonamides is 1. The fourth-order valence-electron chi connectivity index (χ4n) is 3.98. The van der Waals surface area contributed by atoms with E-state index >= 15 is 0 Å². The zero-order valence-electron chi connectivity index (χ0n) is 19.8. The zero-order valence-corrected chi connectivity index (χ0v) is 20.6. The standard InChI is InChI=1S/C24H29N3O6S/c1-17-20(25-24(33-17)19-7-5-6-8-21(19)31-3)16-26-11-13-27(14-12-26)34(28,29)23-15-18(30-2)9-10-22(23)32-4/h5-10,15H,11-14,16H2,1-4H3. The summed E-state index contributed by atoms with van der Waals surface area (Å²) in [4.78, 5) is 6.97. The van der Waals surface area contributed by atoms with Crippen LogP contribution in [-0.4, -0.2) is 70.1 Å². The van der Waals surface area contributed by atoms with Gasteiger partial charge in [-0.15, -0.1) is 0 Å². The van der Waals surface area contributed by atoms with Crippen LogP contribution in [0.5, 0.6) is 17.2 Å². The Morgan fingerprint density at radius 1 is 0.941 bits per heavy atom. The highest BCUT2D eigenvalue weighted by molar-refractivity contribution is 7.89. The Hall–Kier alpha value is -3.08. The van der Waals surface area contributed by atoms with E-state index < -0.39 is 10.0 Å². The molecular weight excluding hydrogens is 458 g/mol. The minimum atomic E-state index is -3.73. The number of rotatable bonds is 8. The van der Waals surface area contributed by atoms with E-state index in [9.17, 15) is 8.42 Å². The summed E-state index contributed by atoms with van der Waals surface area (Å²) in [5.74, 6) is 2.70. The molecule has 0 unspecified atom stereocenters. The van der Waals surface area contributed by atoms with Crippen molar-refractivity contribution >= 4 is 10.0 Å². The predicted octanol–water partition coefficient (Wildman–Crippen LogP) is 3.18. The molecule has 0 N–H and O–H groups in total. The van der Waals surface area contributed by atoms with E-state index in [1.807, 2.05) is 31.2 Å². The van der Waals surface area contributed by atoms with Crippen molar-refractivity contribution in [1.29, 1.82) is 0 Å². The molecule has 1 aliphatic heterocycles. The van der Waals surface area contributed by atoms with Crippen molar-refractivity contribution in [1.82, 2.24) is 14.2 Å². The maximum atomic E-state index is 13.3. The van der Waals surface area contributed by atoms with Crippen LogP contribution < -0.4 is 14.2 Å². The third-order valence-corrected chi connectivity index (χ3v) is 7.84. The van der Waals surface area contributed by atoms with E-state index in [1.54, 1.807) is 19.2 Å². The minimum Gasteiger partial charge on any atom is -0.497 e. The monoisotopic (exact) mass is 487 g/mol. The van der Waals surface area contributed by atoms with Gasteiger partial charge >= 0.3 is 0 Å².